The Labute approximate surface area is 116 Å². The summed E-state index contributed by atoms with van der Waals surface area (Å²) < 4.78 is 0. The Hall–Kier alpha value is -1.00. The molecule has 0 bridgehead atoms. The van der Waals surface area contributed by atoms with E-state index < -0.39 is 0 Å². The van der Waals surface area contributed by atoms with Crippen molar-refractivity contribution in [3.63, 3.8) is 0 Å². The van der Waals surface area contributed by atoms with Crippen LogP contribution in [-0.4, -0.2) is 53.0 Å². The second-order valence-corrected chi connectivity index (χ2v) is 5.59. The molecule has 1 aliphatic rings. The van der Waals surface area contributed by atoms with Gasteiger partial charge in [0, 0.05) is 24.5 Å². The van der Waals surface area contributed by atoms with E-state index in [0.29, 0.717) is 0 Å². The van der Waals surface area contributed by atoms with Gasteiger partial charge in [-0.25, -0.2) is 9.97 Å². The van der Waals surface area contributed by atoms with Crippen LogP contribution in [0.5, 0.6) is 0 Å². The van der Waals surface area contributed by atoms with E-state index in [1.807, 2.05) is 12.4 Å². The van der Waals surface area contributed by atoms with Crippen molar-refractivity contribution < 1.29 is 0 Å². The first-order valence-corrected chi connectivity index (χ1v) is 7.49. The van der Waals surface area contributed by atoms with Gasteiger partial charge in [0.2, 0.25) is 0 Å². The van der Waals surface area contributed by atoms with Gasteiger partial charge in [-0.1, -0.05) is 12.8 Å². The largest absolute Gasteiger partial charge is 0.303 e. The van der Waals surface area contributed by atoms with Gasteiger partial charge in [0.1, 0.15) is 6.33 Å². The van der Waals surface area contributed by atoms with Gasteiger partial charge < -0.3 is 9.80 Å². The SMILES string of the molecule is CN(CCCN1CCCCCC1)Cc1cncnc1. The van der Waals surface area contributed by atoms with Crippen LogP contribution in [-0.2, 0) is 6.54 Å². The van der Waals surface area contributed by atoms with Gasteiger partial charge in [0.15, 0.2) is 0 Å². The predicted octanol–water partition coefficient (Wildman–Crippen LogP) is 2.17. The highest BCUT2D eigenvalue weighted by Crippen LogP contribution is 2.10. The summed E-state index contributed by atoms with van der Waals surface area (Å²) in [6.45, 7) is 5.94. The van der Waals surface area contributed by atoms with Crippen LogP contribution < -0.4 is 0 Å². The van der Waals surface area contributed by atoms with Crippen LogP contribution in [0.2, 0.25) is 0 Å². The first-order chi connectivity index (χ1) is 9.34. The van der Waals surface area contributed by atoms with Crippen molar-refractivity contribution in [2.75, 3.05) is 33.2 Å². The monoisotopic (exact) mass is 262 g/mol. The molecule has 0 atom stereocenters. The molecular weight excluding hydrogens is 236 g/mol. The summed E-state index contributed by atoms with van der Waals surface area (Å²) in [5.74, 6) is 0. The summed E-state index contributed by atoms with van der Waals surface area (Å²) in [5, 5.41) is 0. The molecule has 0 aromatic carbocycles. The molecule has 1 fully saturated rings. The average molecular weight is 262 g/mol. The van der Waals surface area contributed by atoms with Crippen molar-refractivity contribution in [2.24, 2.45) is 0 Å². The molecule has 4 nitrogen and oxygen atoms in total. The summed E-state index contributed by atoms with van der Waals surface area (Å²) in [7, 11) is 2.18. The summed E-state index contributed by atoms with van der Waals surface area (Å²) in [5.41, 5.74) is 1.19. The second kappa shape index (κ2) is 8.23. The lowest BCUT2D eigenvalue weighted by Crippen LogP contribution is -2.29. The molecule has 1 saturated heterocycles. The molecule has 0 radical (unpaired) electrons. The molecule has 2 heterocycles. The normalized spacial score (nSPS) is 17.6. The van der Waals surface area contributed by atoms with Crippen molar-refractivity contribution >= 4 is 0 Å². The Morgan fingerprint density at radius 1 is 1.11 bits per heavy atom. The van der Waals surface area contributed by atoms with E-state index in [0.717, 1.165) is 13.1 Å². The molecule has 0 amide bonds. The van der Waals surface area contributed by atoms with Gasteiger partial charge in [-0.15, -0.1) is 0 Å². The Balaban J connectivity index is 1.62. The smallest absolute Gasteiger partial charge is 0.115 e. The number of hydrogen-bond donors (Lipinski definition) is 0. The lowest BCUT2D eigenvalue weighted by Gasteiger charge is -2.22. The zero-order valence-electron chi connectivity index (χ0n) is 12.1. The summed E-state index contributed by atoms with van der Waals surface area (Å²) in [4.78, 5) is 13.1. The van der Waals surface area contributed by atoms with Gasteiger partial charge in [-0.3, -0.25) is 0 Å². The van der Waals surface area contributed by atoms with E-state index >= 15 is 0 Å². The maximum absolute atomic E-state index is 4.06. The first kappa shape index (κ1) is 14.4. The topological polar surface area (TPSA) is 32.3 Å². The zero-order chi connectivity index (χ0) is 13.3. The van der Waals surface area contributed by atoms with Crippen molar-refractivity contribution in [1.82, 2.24) is 19.8 Å². The molecule has 2 rings (SSSR count). The van der Waals surface area contributed by atoms with Crippen molar-refractivity contribution in [2.45, 2.75) is 38.6 Å². The van der Waals surface area contributed by atoms with Crippen molar-refractivity contribution in [3.8, 4) is 0 Å². The summed E-state index contributed by atoms with van der Waals surface area (Å²) >= 11 is 0. The first-order valence-electron chi connectivity index (χ1n) is 7.49. The third-order valence-electron chi connectivity index (χ3n) is 3.78. The third kappa shape index (κ3) is 5.66. The zero-order valence-corrected chi connectivity index (χ0v) is 12.1. The molecule has 19 heavy (non-hydrogen) atoms. The fourth-order valence-electron chi connectivity index (χ4n) is 2.73. The predicted molar refractivity (Wildman–Crippen MR) is 77.9 cm³/mol. The third-order valence-corrected chi connectivity index (χ3v) is 3.78. The van der Waals surface area contributed by atoms with Crippen molar-refractivity contribution in [1.29, 1.82) is 0 Å². The fraction of sp³-hybridized carbons (Fsp3) is 0.733. The van der Waals surface area contributed by atoms with Crippen LogP contribution in [0, 0.1) is 0 Å². The fourth-order valence-corrected chi connectivity index (χ4v) is 2.73. The Bertz CT molecular complexity index is 333. The lowest BCUT2D eigenvalue weighted by atomic mass is 10.2. The molecule has 1 aromatic rings. The Morgan fingerprint density at radius 3 is 2.47 bits per heavy atom. The van der Waals surface area contributed by atoms with Crippen LogP contribution in [0.4, 0.5) is 0 Å². The van der Waals surface area contributed by atoms with E-state index in [-0.39, 0.29) is 0 Å². The van der Waals surface area contributed by atoms with E-state index in [9.17, 15) is 0 Å². The van der Waals surface area contributed by atoms with E-state index in [1.165, 1.54) is 57.3 Å². The number of rotatable bonds is 6. The molecule has 0 unspecified atom stereocenters. The number of likely N-dealkylation sites (tertiary alicyclic amines) is 1. The van der Waals surface area contributed by atoms with Gasteiger partial charge in [0.05, 0.1) is 0 Å². The van der Waals surface area contributed by atoms with Crippen LogP contribution in [0.25, 0.3) is 0 Å². The standard InChI is InChI=1S/C15H26N4/c1-18(13-15-11-16-14-17-12-15)7-6-10-19-8-4-2-3-5-9-19/h11-12,14H,2-10,13H2,1H3. The molecule has 1 aromatic heterocycles. The number of aromatic nitrogens is 2. The van der Waals surface area contributed by atoms with Gasteiger partial charge in [-0.2, -0.15) is 0 Å². The summed E-state index contributed by atoms with van der Waals surface area (Å²) in [6, 6.07) is 0. The number of nitrogens with zero attached hydrogens (tertiary/aromatic N) is 4. The minimum Gasteiger partial charge on any atom is -0.303 e. The van der Waals surface area contributed by atoms with Crippen LogP contribution >= 0.6 is 0 Å². The van der Waals surface area contributed by atoms with Gasteiger partial charge in [0.25, 0.3) is 0 Å². The van der Waals surface area contributed by atoms with Crippen LogP contribution in [0.3, 0.4) is 0 Å². The minimum absolute atomic E-state index is 0.945. The van der Waals surface area contributed by atoms with Crippen molar-refractivity contribution in [3.05, 3.63) is 24.3 Å². The maximum Gasteiger partial charge on any atom is 0.115 e. The molecule has 1 aliphatic heterocycles. The molecule has 0 aliphatic carbocycles. The highest BCUT2D eigenvalue weighted by molar-refractivity contribution is 5.01. The Kier molecular flexibility index (Phi) is 6.24. The highest BCUT2D eigenvalue weighted by Gasteiger charge is 2.08. The van der Waals surface area contributed by atoms with Gasteiger partial charge >= 0.3 is 0 Å². The van der Waals surface area contributed by atoms with Crippen LogP contribution in [0.1, 0.15) is 37.7 Å². The molecule has 0 saturated carbocycles. The van der Waals surface area contributed by atoms with E-state index in [2.05, 4.69) is 26.8 Å². The molecular formula is C15H26N4. The molecule has 106 valence electrons. The number of hydrogen-bond acceptors (Lipinski definition) is 4. The van der Waals surface area contributed by atoms with Crippen LogP contribution in [0.15, 0.2) is 18.7 Å². The molecule has 0 spiro atoms. The highest BCUT2D eigenvalue weighted by atomic mass is 15.1. The average Bonchev–Trinajstić information content (AvgIpc) is 2.68. The quantitative estimate of drug-likeness (QED) is 0.786. The maximum atomic E-state index is 4.06. The molecule has 0 N–H and O–H groups in total. The lowest BCUT2D eigenvalue weighted by molar-refractivity contribution is 0.249. The van der Waals surface area contributed by atoms with E-state index in [1.54, 1.807) is 6.33 Å². The van der Waals surface area contributed by atoms with Gasteiger partial charge in [-0.05, 0) is 52.5 Å². The second-order valence-electron chi connectivity index (χ2n) is 5.59. The Morgan fingerprint density at radius 2 is 1.79 bits per heavy atom. The summed E-state index contributed by atoms with van der Waals surface area (Å²) in [6.07, 6.45) is 12.3. The van der Waals surface area contributed by atoms with E-state index in [4.69, 9.17) is 0 Å². The molecule has 4 heteroatoms. The minimum atomic E-state index is 0.945.